The summed E-state index contributed by atoms with van der Waals surface area (Å²) in [6.07, 6.45) is -4.86. The van der Waals surface area contributed by atoms with Gasteiger partial charge in [-0.3, -0.25) is 0 Å². The molecule has 0 aliphatic rings. The predicted octanol–water partition coefficient (Wildman–Crippen LogP) is 4.78. The van der Waals surface area contributed by atoms with Crippen LogP contribution >= 0.6 is 11.6 Å². The summed E-state index contributed by atoms with van der Waals surface area (Å²) < 4.78 is 40.8. The van der Waals surface area contributed by atoms with Crippen LogP contribution in [0.1, 0.15) is 5.56 Å². The van der Waals surface area contributed by atoms with Gasteiger partial charge in [-0.1, -0.05) is 35.9 Å². The molecule has 0 saturated heterocycles. The van der Waals surface area contributed by atoms with Crippen LogP contribution in [-0.2, 0) is 0 Å². The molecular formula is C14H7ClF3NO. The maximum atomic E-state index is 12.3. The summed E-state index contributed by atoms with van der Waals surface area (Å²) in [4.78, 5) is 0. The van der Waals surface area contributed by atoms with Crippen LogP contribution in [0.3, 0.4) is 0 Å². The standard InChI is InChI=1S/C14H7ClF3NO/c15-12-4-2-1-3-11(12)9-5-6-10(8-19)13(7-9)20-14(16,17)18/h1-7H. The Morgan fingerprint density at radius 2 is 1.80 bits per heavy atom. The lowest BCUT2D eigenvalue weighted by atomic mass is 10.0. The number of benzene rings is 2. The van der Waals surface area contributed by atoms with Crippen molar-refractivity contribution in [1.29, 1.82) is 5.26 Å². The molecule has 0 radical (unpaired) electrons. The van der Waals surface area contributed by atoms with Crippen molar-refractivity contribution in [3.05, 3.63) is 53.1 Å². The Balaban J connectivity index is 2.51. The van der Waals surface area contributed by atoms with Crippen molar-refractivity contribution in [3.63, 3.8) is 0 Å². The first kappa shape index (κ1) is 14.2. The highest BCUT2D eigenvalue weighted by molar-refractivity contribution is 6.33. The Morgan fingerprint density at radius 1 is 1.10 bits per heavy atom. The molecule has 2 nitrogen and oxygen atoms in total. The fraction of sp³-hybridized carbons (Fsp3) is 0.0714. The molecule has 0 unspecified atom stereocenters. The highest BCUT2D eigenvalue weighted by Crippen LogP contribution is 2.33. The molecule has 2 aromatic carbocycles. The first-order valence-corrected chi connectivity index (χ1v) is 5.83. The fourth-order valence-corrected chi connectivity index (χ4v) is 1.93. The van der Waals surface area contributed by atoms with Crippen LogP contribution < -0.4 is 4.74 Å². The third-order valence-electron chi connectivity index (χ3n) is 2.51. The minimum absolute atomic E-state index is 0.196. The minimum atomic E-state index is -4.86. The van der Waals surface area contributed by atoms with Gasteiger partial charge in [0.1, 0.15) is 11.8 Å². The molecule has 0 bridgehead atoms. The van der Waals surface area contributed by atoms with E-state index in [2.05, 4.69) is 4.74 Å². The number of nitriles is 1. The quantitative estimate of drug-likeness (QED) is 0.799. The van der Waals surface area contributed by atoms with Crippen LogP contribution in [0.25, 0.3) is 11.1 Å². The van der Waals surface area contributed by atoms with Crippen LogP contribution in [0, 0.1) is 11.3 Å². The number of alkyl halides is 3. The van der Waals surface area contributed by atoms with Gasteiger partial charge in [0.25, 0.3) is 0 Å². The maximum absolute atomic E-state index is 12.3. The lowest BCUT2D eigenvalue weighted by Crippen LogP contribution is -2.17. The number of halogens is 4. The first-order chi connectivity index (χ1) is 9.40. The van der Waals surface area contributed by atoms with Gasteiger partial charge in [-0.25, -0.2) is 0 Å². The molecular weight excluding hydrogens is 291 g/mol. The third-order valence-corrected chi connectivity index (χ3v) is 2.84. The second-order valence-electron chi connectivity index (χ2n) is 3.85. The van der Waals surface area contributed by atoms with Crippen LogP contribution in [0.2, 0.25) is 5.02 Å². The summed E-state index contributed by atoms with van der Waals surface area (Å²) in [7, 11) is 0. The molecule has 0 amide bonds. The molecule has 2 aromatic rings. The van der Waals surface area contributed by atoms with Gasteiger partial charge in [-0.05, 0) is 23.8 Å². The zero-order valence-electron chi connectivity index (χ0n) is 9.91. The van der Waals surface area contributed by atoms with E-state index in [1.165, 1.54) is 12.1 Å². The largest absolute Gasteiger partial charge is 0.573 e. The van der Waals surface area contributed by atoms with Gasteiger partial charge in [0.2, 0.25) is 0 Å². The van der Waals surface area contributed by atoms with E-state index < -0.39 is 12.1 Å². The Hall–Kier alpha value is -2.19. The number of rotatable bonds is 2. The van der Waals surface area contributed by atoms with Crippen LogP contribution in [-0.4, -0.2) is 6.36 Å². The zero-order valence-corrected chi connectivity index (χ0v) is 10.7. The lowest BCUT2D eigenvalue weighted by molar-refractivity contribution is -0.274. The lowest BCUT2D eigenvalue weighted by Gasteiger charge is -2.12. The van der Waals surface area contributed by atoms with E-state index in [9.17, 15) is 13.2 Å². The SMILES string of the molecule is N#Cc1ccc(-c2ccccc2Cl)cc1OC(F)(F)F. The van der Waals surface area contributed by atoms with Gasteiger partial charge in [-0.2, -0.15) is 5.26 Å². The second kappa shape index (κ2) is 5.43. The molecule has 2 rings (SSSR count). The van der Waals surface area contributed by atoms with E-state index in [0.717, 1.165) is 6.07 Å². The van der Waals surface area contributed by atoms with Gasteiger partial charge in [0.05, 0.1) is 5.56 Å². The summed E-state index contributed by atoms with van der Waals surface area (Å²) >= 11 is 5.99. The van der Waals surface area contributed by atoms with Crippen molar-refractivity contribution < 1.29 is 17.9 Å². The molecule has 0 spiro atoms. The monoisotopic (exact) mass is 297 g/mol. The molecule has 0 fully saturated rings. The van der Waals surface area contributed by atoms with E-state index >= 15 is 0 Å². The minimum Gasteiger partial charge on any atom is -0.404 e. The molecule has 0 atom stereocenters. The summed E-state index contributed by atoms with van der Waals surface area (Å²) in [5, 5.41) is 9.21. The number of nitrogens with zero attached hydrogens (tertiary/aromatic N) is 1. The third kappa shape index (κ3) is 3.22. The number of hydrogen-bond acceptors (Lipinski definition) is 2. The predicted molar refractivity (Wildman–Crippen MR) is 68.3 cm³/mol. The summed E-state index contributed by atoms with van der Waals surface area (Å²) in [5.41, 5.74) is 0.803. The Labute approximate surface area is 118 Å². The Morgan fingerprint density at radius 3 is 2.40 bits per heavy atom. The molecule has 0 aliphatic heterocycles. The smallest absolute Gasteiger partial charge is 0.404 e. The molecule has 0 heterocycles. The van der Waals surface area contributed by atoms with Crippen molar-refractivity contribution in [1.82, 2.24) is 0 Å². The van der Waals surface area contributed by atoms with Crippen LogP contribution in [0.5, 0.6) is 5.75 Å². The van der Waals surface area contributed by atoms with Gasteiger partial charge in [-0.15, -0.1) is 13.2 Å². The average molecular weight is 298 g/mol. The van der Waals surface area contributed by atoms with Crippen LogP contribution in [0.4, 0.5) is 13.2 Å². The van der Waals surface area contributed by atoms with E-state index in [1.54, 1.807) is 30.3 Å². The fourth-order valence-electron chi connectivity index (χ4n) is 1.69. The molecule has 20 heavy (non-hydrogen) atoms. The van der Waals surface area contributed by atoms with Crippen molar-refractivity contribution in [2.45, 2.75) is 6.36 Å². The molecule has 0 N–H and O–H groups in total. The summed E-state index contributed by atoms with van der Waals surface area (Å²) in [6, 6.07) is 12.3. The summed E-state index contributed by atoms with van der Waals surface area (Å²) in [6.45, 7) is 0. The van der Waals surface area contributed by atoms with Crippen molar-refractivity contribution in [3.8, 4) is 22.9 Å². The van der Waals surface area contributed by atoms with Crippen molar-refractivity contribution >= 4 is 11.6 Å². The topological polar surface area (TPSA) is 33.0 Å². The van der Waals surface area contributed by atoms with Gasteiger partial charge in [0, 0.05) is 10.6 Å². The van der Waals surface area contributed by atoms with E-state index in [4.69, 9.17) is 16.9 Å². The maximum Gasteiger partial charge on any atom is 0.573 e. The van der Waals surface area contributed by atoms with Crippen LogP contribution in [0.15, 0.2) is 42.5 Å². The molecule has 0 saturated carbocycles. The number of hydrogen-bond donors (Lipinski definition) is 0. The van der Waals surface area contributed by atoms with Gasteiger partial charge in [0.15, 0.2) is 0 Å². The molecule has 6 heteroatoms. The average Bonchev–Trinajstić information content (AvgIpc) is 2.37. The van der Waals surface area contributed by atoms with Crippen molar-refractivity contribution in [2.75, 3.05) is 0 Å². The van der Waals surface area contributed by atoms with E-state index in [0.29, 0.717) is 16.1 Å². The highest BCUT2D eigenvalue weighted by Gasteiger charge is 2.32. The molecule has 0 aliphatic carbocycles. The highest BCUT2D eigenvalue weighted by atomic mass is 35.5. The second-order valence-corrected chi connectivity index (χ2v) is 4.26. The zero-order chi connectivity index (χ0) is 14.8. The number of ether oxygens (including phenoxy) is 1. The Kier molecular flexibility index (Phi) is 3.86. The van der Waals surface area contributed by atoms with Crippen molar-refractivity contribution in [2.24, 2.45) is 0 Å². The van der Waals surface area contributed by atoms with E-state index in [-0.39, 0.29) is 5.56 Å². The molecule has 0 aromatic heterocycles. The normalized spacial score (nSPS) is 10.9. The first-order valence-electron chi connectivity index (χ1n) is 5.45. The Bertz CT molecular complexity index is 677. The van der Waals surface area contributed by atoms with E-state index in [1.807, 2.05) is 0 Å². The molecule has 102 valence electrons. The van der Waals surface area contributed by atoms with Gasteiger partial charge >= 0.3 is 6.36 Å². The van der Waals surface area contributed by atoms with Gasteiger partial charge < -0.3 is 4.74 Å². The summed E-state index contributed by atoms with van der Waals surface area (Å²) in [5.74, 6) is -0.544.